The van der Waals surface area contributed by atoms with Gasteiger partial charge in [-0.05, 0) is 24.3 Å². The minimum atomic E-state index is -3.79. The lowest BCUT2D eigenvalue weighted by Gasteiger charge is -2.18. The molecule has 0 radical (unpaired) electrons. The van der Waals surface area contributed by atoms with E-state index < -0.39 is 7.82 Å². The number of benzene rings is 2. The molecule has 0 aromatic heterocycles. The van der Waals surface area contributed by atoms with Crippen molar-refractivity contribution in [2.75, 3.05) is 6.73 Å². The van der Waals surface area contributed by atoms with Crippen LogP contribution >= 0.6 is 7.82 Å². The molecule has 2 rings (SSSR count). The molecule has 19 heavy (non-hydrogen) atoms. The summed E-state index contributed by atoms with van der Waals surface area (Å²) in [6.07, 6.45) is 0. The summed E-state index contributed by atoms with van der Waals surface area (Å²) in [7, 11) is -3.79. The van der Waals surface area contributed by atoms with Crippen LogP contribution in [0.3, 0.4) is 0 Å². The fourth-order valence-electron chi connectivity index (χ4n) is 1.38. The molecule has 100 valence electrons. The molecule has 0 aliphatic carbocycles. The van der Waals surface area contributed by atoms with E-state index in [1.165, 1.54) is 0 Å². The van der Waals surface area contributed by atoms with Crippen LogP contribution in [0.5, 0.6) is 11.5 Å². The zero-order valence-electron chi connectivity index (χ0n) is 10.1. The third-order valence-electron chi connectivity index (χ3n) is 2.15. The number of para-hydroxylation sites is 2. The molecule has 2 aromatic carbocycles. The van der Waals surface area contributed by atoms with Crippen molar-refractivity contribution in [3.63, 3.8) is 0 Å². The highest BCUT2D eigenvalue weighted by molar-refractivity contribution is 7.49. The molecular weight excluding hydrogens is 265 g/mol. The second-order valence-corrected chi connectivity index (χ2v) is 5.07. The van der Waals surface area contributed by atoms with Gasteiger partial charge < -0.3 is 14.8 Å². The number of phosphoric acid groups is 1. The van der Waals surface area contributed by atoms with E-state index in [9.17, 15) is 4.57 Å². The Morgan fingerprint density at radius 1 is 0.842 bits per heavy atom. The Kier molecular flexibility index (Phi) is 4.58. The summed E-state index contributed by atoms with van der Waals surface area (Å²) >= 11 is 0. The predicted octanol–water partition coefficient (Wildman–Crippen LogP) is 3.19. The first-order chi connectivity index (χ1) is 9.22. The standard InChI is InChI=1S/C13H14NO4P/c14-11-16-19(15,17-12-7-3-1-4-8-12)18-13-9-5-2-6-10-13/h1-10H,11,14H2. The van der Waals surface area contributed by atoms with Crippen molar-refractivity contribution in [3.8, 4) is 11.5 Å². The first-order valence-electron chi connectivity index (χ1n) is 5.66. The molecule has 0 aliphatic heterocycles. The van der Waals surface area contributed by atoms with Crippen molar-refractivity contribution in [2.45, 2.75) is 0 Å². The summed E-state index contributed by atoms with van der Waals surface area (Å²) in [5.41, 5.74) is 5.27. The Bertz CT molecular complexity index is 502. The number of hydrogen-bond donors (Lipinski definition) is 1. The molecule has 6 heteroatoms. The largest absolute Gasteiger partial charge is 0.588 e. The summed E-state index contributed by atoms with van der Waals surface area (Å²) in [5.74, 6) is 0.769. The topological polar surface area (TPSA) is 70.8 Å². The smallest absolute Gasteiger partial charge is 0.395 e. The lowest BCUT2D eigenvalue weighted by Crippen LogP contribution is -2.10. The van der Waals surface area contributed by atoms with Gasteiger partial charge in [-0.25, -0.2) is 4.57 Å². The molecule has 0 saturated carbocycles. The van der Waals surface area contributed by atoms with Crippen LogP contribution in [0.25, 0.3) is 0 Å². The van der Waals surface area contributed by atoms with E-state index >= 15 is 0 Å². The van der Waals surface area contributed by atoms with Crippen molar-refractivity contribution in [1.29, 1.82) is 0 Å². The molecule has 0 atom stereocenters. The van der Waals surface area contributed by atoms with Gasteiger partial charge in [0.05, 0.1) is 0 Å². The Morgan fingerprint density at radius 2 is 1.26 bits per heavy atom. The lowest BCUT2D eigenvalue weighted by atomic mass is 10.3. The number of nitrogens with two attached hydrogens (primary N) is 1. The van der Waals surface area contributed by atoms with Gasteiger partial charge in [-0.1, -0.05) is 36.4 Å². The third kappa shape index (κ3) is 4.10. The van der Waals surface area contributed by atoms with E-state index in [0.29, 0.717) is 11.5 Å². The molecule has 2 N–H and O–H groups in total. The van der Waals surface area contributed by atoms with Gasteiger partial charge in [0.25, 0.3) is 0 Å². The summed E-state index contributed by atoms with van der Waals surface area (Å²) in [6.45, 7) is -0.267. The first-order valence-corrected chi connectivity index (χ1v) is 7.12. The molecule has 0 unspecified atom stereocenters. The molecule has 5 nitrogen and oxygen atoms in total. The second kappa shape index (κ2) is 6.38. The fourth-order valence-corrected chi connectivity index (χ4v) is 2.47. The van der Waals surface area contributed by atoms with Gasteiger partial charge >= 0.3 is 7.82 Å². The number of hydrogen-bond acceptors (Lipinski definition) is 5. The zero-order valence-corrected chi connectivity index (χ0v) is 11.0. The molecule has 0 spiro atoms. The van der Waals surface area contributed by atoms with Crippen molar-refractivity contribution >= 4 is 7.82 Å². The maximum atomic E-state index is 12.4. The summed E-state index contributed by atoms with van der Waals surface area (Å²) in [5, 5.41) is 0. The van der Waals surface area contributed by atoms with Gasteiger partial charge in [0.1, 0.15) is 18.2 Å². The predicted molar refractivity (Wildman–Crippen MR) is 71.9 cm³/mol. The minimum absolute atomic E-state index is 0.267. The lowest BCUT2D eigenvalue weighted by molar-refractivity contribution is 0.215. The van der Waals surface area contributed by atoms with Crippen LogP contribution < -0.4 is 14.8 Å². The highest BCUT2D eigenvalue weighted by Gasteiger charge is 2.30. The monoisotopic (exact) mass is 279 g/mol. The molecule has 0 bridgehead atoms. The third-order valence-corrected chi connectivity index (χ3v) is 3.49. The van der Waals surface area contributed by atoms with Gasteiger partial charge in [0.15, 0.2) is 0 Å². The first kappa shape index (κ1) is 13.6. The van der Waals surface area contributed by atoms with Gasteiger partial charge in [0, 0.05) is 0 Å². The van der Waals surface area contributed by atoms with E-state index in [0.717, 1.165) is 0 Å². The summed E-state index contributed by atoms with van der Waals surface area (Å²) in [4.78, 5) is 0. The van der Waals surface area contributed by atoms with Crippen molar-refractivity contribution in [2.24, 2.45) is 5.73 Å². The van der Waals surface area contributed by atoms with Gasteiger partial charge in [-0.3, -0.25) is 4.52 Å². The van der Waals surface area contributed by atoms with Crippen LogP contribution in [-0.2, 0) is 9.09 Å². The highest BCUT2D eigenvalue weighted by atomic mass is 31.2. The van der Waals surface area contributed by atoms with Crippen molar-refractivity contribution in [3.05, 3.63) is 60.7 Å². The number of rotatable bonds is 6. The van der Waals surface area contributed by atoms with Gasteiger partial charge in [0.2, 0.25) is 0 Å². The van der Waals surface area contributed by atoms with Crippen LogP contribution in [0.1, 0.15) is 0 Å². The molecular formula is C13H14NO4P. The van der Waals surface area contributed by atoms with Crippen LogP contribution in [0, 0.1) is 0 Å². The van der Waals surface area contributed by atoms with Crippen molar-refractivity contribution < 1.29 is 18.1 Å². The van der Waals surface area contributed by atoms with Gasteiger partial charge in [-0.2, -0.15) is 0 Å². The van der Waals surface area contributed by atoms with Crippen LogP contribution in [0.15, 0.2) is 60.7 Å². The minimum Gasteiger partial charge on any atom is -0.395 e. The molecule has 2 aromatic rings. The van der Waals surface area contributed by atoms with Gasteiger partial charge in [-0.15, -0.1) is 0 Å². The molecule has 0 amide bonds. The summed E-state index contributed by atoms with van der Waals surface area (Å²) in [6, 6.07) is 17.3. The fraction of sp³-hybridized carbons (Fsp3) is 0.0769. The van der Waals surface area contributed by atoms with E-state index in [2.05, 4.69) is 0 Å². The Hall–Kier alpha value is -1.81. The SMILES string of the molecule is NCOP(=O)(Oc1ccccc1)Oc1ccccc1. The molecule has 0 aliphatic rings. The van der Waals surface area contributed by atoms with Crippen molar-refractivity contribution in [1.82, 2.24) is 0 Å². The maximum absolute atomic E-state index is 12.4. The maximum Gasteiger partial charge on any atom is 0.588 e. The Labute approximate surface area is 111 Å². The van der Waals surface area contributed by atoms with Crippen LogP contribution in [-0.4, -0.2) is 6.73 Å². The van der Waals surface area contributed by atoms with Crippen LogP contribution in [0.4, 0.5) is 0 Å². The zero-order chi connectivity index (χ0) is 13.6. The van der Waals surface area contributed by atoms with E-state index in [4.69, 9.17) is 19.3 Å². The van der Waals surface area contributed by atoms with E-state index in [-0.39, 0.29) is 6.73 Å². The van der Waals surface area contributed by atoms with E-state index in [1.807, 2.05) is 12.1 Å². The normalized spacial score (nSPS) is 11.0. The summed E-state index contributed by atoms with van der Waals surface area (Å²) < 4.78 is 27.9. The molecule has 0 fully saturated rings. The molecule has 0 saturated heterocycles. The average Bonchev–Trinajstić information content (AvgIpc) is 2.41. The van der Waals surface area contributed by atoms with Crippen LogP contribution in [0.2, 0.25) is 0 Å². The highest BCUT2D eigenvalue weighted by Crippen LogP contribution is 2.49. The van der Waals surface area contributed by atoms with E-state index in [1.54, 1.807) is 48.5 Å². The second-order valence-electron chi connectivity index (χ2n) is 3.55. The average molecular weight is 279 g/mol. The number of phosphoric ester groups is 1. The Morgan fingerprint density at radius 3 is 1.63 bits per heavy atom. The quantitative estimate of drug-likeness (QED) is 0.649. The molecule has 0 heterocycles. The Balaban J connectivity index is 2.16.